The molecule has 92 valence electrons. The van der Waals surface area contributed by atoms with Crippen molar-refractivity contribution in [2.75, 3.05) is 0 Å². The Balaban J connectivity index is 0.00000133. The van der Waals surface area contributed by atoms with Gasteiger partial charge in [-0.25, -0.2) is 0 Å². The predicted molar refractivity (Wildman–Crippen MR) is 78.4 cm³/mol. The number of fused-ring (bicyclic) bond motifs is 2. The van der Waals surface area contributed by atoms with Gasteiger partial charge in [-0.1, -0.05) is 48.5 Å². The number of benzene rings is 3. The van der Waals surface area contributed by atoms with Gasteiger partial charge in [0.25, 0.3) is 10.1 Å². The van der Waals surface area contributed by atoms with Crippen LogP contribution in [-0.4, -0.2) is 42.5 Å². The molecule has 0 aliphatic heterocycles. The van der Waals surface area contributed by atoms with Gasteiger partial charge < -0.3 is 0 Å². The molecule has 3 aromatic rings. The van der Waals surface area contributed by atoms with Crippen molar-refractivity contribution < 1.29 is 13.0 Å². The van der Waals surface area contributed by atoms with E-state index in [0.29, 0.717) is 10.8 Å². The molecule has 0 aromatic heterocycles. The molecule has 0 fully saturated rings. The first kappa shape index (κ1) is 14.5. The van der Waals surface area contributed by atoms with Crippen LogP contribution in [0.5, 0.6) is 0 Å². The van der Waals surface area contributed by atoms with Crippen molar-refractivity contribution >= 4 is 61.2 Å². The molecule has 0 bridgehead atoms. The summed E-state index contributed by atoms with van der Waals surface area (Å²) < 4.78 is 32.7. The number of hydrogen-bond donors (Lipinski definition) is 1. The molecule has 5 heteroatoms. The van der Waals surface area contributed by atoms with Gasteiger partial charge in [-0.2, -0.15) is 8.42 Å². The standard InChI is InChI=1S/C14H10O3S.Na.H/c15-18(16,17)14-12-7-3-1-5-10(12)9-11-6-2-4-8-13(11)14;;/h1-9H,(H,15,16,17);;. The quantitative estimate of drug-likeness (QED) is 0.424. The summed E-state index contributed by atoms with van der Waals surface area (Å²) in [6.07, 6.45) is 0. The van der Waals surface area contributed by atoms with Gasteiger partial charge in [0.2, 0.25) is 0 Å². The van der Waals surface area contributed by atoms with Crippen LogP contribution in [0, 0.1) is 0 Å². The van der Waals surface area contributed by atoms with Crippen LogP contribution in [0.2, 0.25) is 0 Å². The minimum absolute atomic E-state index is 0. The van der Waals surface area contributed by atoms with Crippen molar-refractivity contribution in [3.05, 3.63) is 54.6 Å². The molecule has 0 heterocycles. The van der Waals surface area contributed by atoms with Crippen LogP contribution in [0.15, 0.2) is 59.5 Å². The van der Waals surface area contributed by atoms with E-state index >= 15 is 0 Å². The molecular formula is C14H11NaO3S. The summed E-state index contributed by atoms with van der Waals surface area (Å²) in [6, 6.07) is 16.2. The summed E-state index contributed by atoms with van der Waals surface area (Å²) >= 11 is 0. The Morgan fingerprint density at radius 1 is 0.789 bits per heavy atom. The fourth-order valence-corrected chi connectivity index (χ4v) is 3.18. The zero-order chi connectivity index (χ0) is 12.8. The maximum absolute atomic E-state index is 11.6. The van der Waals surface area contributed by atoms with Gasteiger partial charge in [0.05, 0.1) is 0 Å². The zero-order valence-corrected chi connectivity index (χ0v) is 10.2. The molecule has 0 unspecified atom stereocenters. The topological polar surface area (TPSA) is 54.4 Å². The van der Waals surface area contributed by atoms with Crippen LogP contribution in [0.1, 0.15) is 0 Å². The second-order valence-electron chi connectivity index (χ2n) is 4.12. The van der Waals surface area contributed by atoms with Gasteiger partial charge in [-0.15, -0.1) is 0 Å². The minimum atomic E-state index is -4.26. The SMILES string of the molecule is O=S(=O)(O)c1c2ccccc2cc2ccccc12.[NaH]. The average Bonchev–Trinajstić information content (AvgIpc) is 2.34. The molecule has 3 rings (SSSR count). The van der Waals surface area contributed by atoms with Crippen LogP contribution in [0.3, 0.4) is 0 Å². The normalized spacial score (nSPS) is 11.4. The van der Waals surface area contributed by atoms with E-state index in [1.165, 1.54) is 0 Å². The van der Waals surface area contributed by atoms with E-state index in [9.17, 15) is 13.0 Å². The molecule has 0 saturated carbocycles. The van der Waals surface area contributed by atoms with Gasteiger partial charge in [-0.3, -0.25) is 4.55 Å². The predicted octanol–water partition coefficient (Wildman–Crippen LogP) is 2.59. The van der Waals surface area contributed by atoms with Gasteiger partial charge in [0.15, 0.2) is 0 Å². The van der Waals surface area contributed by atoms with Crippen molar-refractivity contribution in [1.82, 2.24) is 0 Å². The van der Waals surface area contributed by atoms with E-state index in [-0.39, 0.29) is 34.5 Å². The van der Waals surface area contributed by atoms with Gasteiger partial charge in [0, 0.05) is 10.8 Å². The Morgan fingerprint density at radius 2 is 1.21 bits per heavy atom. The third kappa shape index (κ3) is 2.55. The molecule has 3 nitrogen and oxygen atoms in total. The second-order valence-corrected chi connectivity index (χ2v) is 5.48. The Hall–Kier alpha value is -0.910. The maximum atomic E-state index is 11.6. The zero-order valence-electron chi connectivity index (χ0n) is 9.37. The molecule has 0 saturated heterocycles. The van der Waals surface area contributed by atoms with Crippen LogP contribution in [-0.2, 0) is 10.1 Å². The molecule has 0 radical (unpaired) electrons. The summed E-state index contributed by atoms with van der Waals surface area (Å²) in [4.78, 5) is -0.0174. The monoisotopic (exact) mass is 282 g/mol. The van der Waals surface area contributed by atoms with Crippen LogP contribution in [0.25, 0.3) is 21.5 Å². The first-order chi connectivity index (χ1) is 8.57. The van der Waals surface area contributed by atoms with E-state index in [0.717, 1.165) is 10.8 Å². The number of rotatable bonds is 1. The molecule has 0 amide bonds. The van der Waals surface area contributed by atoms with Crippen molar-refractivity contribution in [3.8, 4) is 0 Å². The summed E-state index contributed by atoms with van der Waals surface area (Å²) in [7, 11) is -4.26. The molecule has 0 atom stereocenters. The third-order valence-electron chi connectivity index (χ3n) is 2.98. The van der Waals surface area contributed by atoms with Crippen molar-refractivity contribution in [2.45, 2.75) is 4.90 Å². The van der Waals surface area contributed by atoms with E-state index in [1.807, 2.05) is 30.3 Å². The van der Waals surface area contributed by atoms with Crippen LogP contribution < -0.4 is 0 Å². The van der Waals surface area contributed by atoms with Crippen molar-refractivity contribution in [3.63, 3.8) is 0 Å². The molecule has 0 aliphatic carbocycles. The summed E-state index contributed by atoms with van der Waals surface area (Å²) in [6.45, 7) is 0. The summed E-state index contributed by atoms with van der Waals surface area (Å²) in [5.41, 5.74) is 0. The third-order valence-corrected chi connectivity index (χ3v) is 3.94. The van der Waals surface area contributed by atoms with Gasteiger partial charge in [0.1, 0.15) is 4.90 Å². The van der Waals surface area contributed by atoms with E-state index in [1.54, 1.807) is 24.3 Å². The van der Waals surface area contributed by atoms with Crippen LogP contribution >= 0.6 is 0 Å². The van der Waals surface area contributed by atoms with Crippen molar-refractivity contribution in [1.29, 1.82) is 0 Å². The fraction of sp³-hybridized carbons (Fsp3) is 0. The van der Waals surface area contributed by atoms with E-state index in [2.05, 4.69) is 0 Å². The molecule has 19 heavy (non-hydrogen) atoms. The first-order valence-electron chi connectivity index (χ1n) is 5.45. The molecular weight excluding hydrogens is 271 g/mol. The number of hydrogen-bond acceptors (Lipinski definition) is 2. The van der Waals surface area contributed by atoms with E-state index in [4.69, 9.17) is 0 Å². The molecule has 0 aliphatic rings. The van der Waals surface area contributed by atoms with Crippen molar-refractivity contribution in [2.24, 2.45) is 0 Å². The van der Waals surface area contributed by atoms with E-state index < -0.39 is 10.1 Å². The summed E-state index contributed by atoms with van der Waals surface area (Å²) in [5.74, 6) is 0. The molecule has 0 spiro atoms. The fourth-order valence-electron chi connectivity index (χ4n) is 2.25. The van der Waals surface area contributed by atoms with Crippen LogP contribution in [0.4, 0.5) is 0 Å². The Labute approximate surface area is 133 Å². The Morgan fingerprint density at radius 3 is 1.63 bits per heavy atom. The second kappa shape index (κ2) is 5.23. The molecule has 3 aromatic carbocycles. The van der Waals surface area contributed by atoms with Gasteiger partial charge in [-0.05, 0) is 16.8 Å². The van der Waals surface area contributed by atoms with Gasteiger partial charge >= 0.3 is 29.6 Å². The Kier molecular flexibility index (Phi) is 3.99. The first-order valence-corrected chi connectivity index (χ1v) is 6.89. The molecule has 1 N–H and O–H groups in total. The Bertz CT molecular complexity index is 803. The average molecular weight is 282 g/mol. The summed E-state index contributed by atoms with van der Waals surface area (Å²) in [5, 5.41) is 2.67.